The highest BCUT2D eigenvalue weighted by molar-refractivity contribution is 5.46. The molecule has 0 aromatic carbocycles. The summed E-state index contributed by atoms with van der Waals surface area (Å²) < 4.78 is 1.92. The number of rotatable bonds is 3. The second-order valence-electron chi connectivity index (χ2n) is 5.36. The molecule has 1 aliphatic heterocycles. The average Bonchev–Trinajstić information content (AvgIpc) is 3.18. The van der Waals surface area contributed by atoms with Crippen LogP contribution in [0, 0.1) is 0 Å². The summed E-state index contributed by atoms with van der Waals surface area (Å²) in [6, 6.07) is 6.08. The quantitative estimate of drug-likeness (QED) is 0.728. The summed E-state index contributed by atoms with van der Waals surface area (Å²) in [5, 5.41) is 0. The Kier molecular flexibility index (Phi) is 3.59. The third-order valence-corrected chi connectivity index (χ3v) is 3.97. The normalized spacial score (nSPS) is 15.0. The zero-order chi connectivity index (χ0) is 15.5. The number of hydrogen-bond acceptors (Lipinski definition) is 6. The minimum Gasteiger partial charge on any atom is -0.353 e. The Hall–Kier alpha value is -2.96. The van der Waals surface area contributed by atoms with Crippen LogP contribution in [0.2, 0.25) is 0 Å². The van der Waals surface area contributed by atoms with E-state index in [0.717, 1.165) is 43.6 Å². The lowest BCUT2D eigenvalue weighted by Gasteiger charge is -2.35. The predicted molar refractivity (Wildman–Crippen MR) is 87.8 cm³/mol. The summed E-state index contributed by atoms with van der Waals surface area (Å²) in [6.45, 7) is 3.65. The van der Waals surface area contributed by atoms with Gasteiger partial charge in [-0.1, -0.05) is 6.07 Å². The summed E-state index contributed by atoms with van der Waals surface area (Å²) >= 11 is 0. The Labute approximate surface area is 134 Å². The fourth-order valence-corrected chi connectivity index (χ4v) is 2.75. The molecule has 0 amide bonds. The third kappa shape index (κ3) is 2.85. The molecule has 4 rings (SSSR count). The number of piperazine rings is 1. The van der Waals surface area contributed by atoms with Gasteiger partial charge in [0, 0.05) is 51.0 Å². The highest BCUT2D eigenvalue weighted by atomic mass is 15.3. The van der Waals surface area contributed by atoms with E-state index >= 15 is 0 Å². The monoisotopic (exact) mass is 307 g/mol. The van der Waals surface area contributed by atoms with Gasteiger partial charge in [-0.15, -0.1) is 0 Å². The van der Waals surface area contributed by atoms with E-state index in [0.29, 0.717) is 0 Å². The van der Waals surface area contributed by atoms with Gasteiger partial charge >= 0.3 is 0 Å². The van der Waals surface area contributed by atoms with E-state index in [9.17, 15) is 0 Å². The summed E-state index contributed by atoms with van der Waals surface area (Å²) in [7, 11) is 0. The Bertz CT molecular complexity index is 749. The van der Waals surface area contributed by atoms with Crippen molar-refractivity contribution in [3.63, 3.8) is 0 Å². The third-order valence-electron chi connectivity index (χ3n) is 3.97. The van der Waals surface area contributed by atoms with Crippen molar-refractivity contribution in [3.8, 4) is 5.82 Å². The Morgan fingerprint density at radius 3 is 2.26 bits per heavy atom. The highest BCUT2D eigenvalue weighted by Gasteiger charge is 2.19. The lowest BCUT2D eigenvalue weighted by molar-refractivity contribution is 0.640. The van der Waals surface area contributed by atoms with Crippen LogP contribution in [-0.2, 0) is 0 Å². The molecule has 3 aromatic heterocycles. The molecular formula is C16H17N7. The van der Waals surface area contributed by atoms with E-state index in [4.69, 9.17) is 4.98 Å². The first kappa shape index (κ1) is 13.7. The number of imidazole rings is 1. The van der Waals surface area contributed by atoms with E-state index in [-0.39, 0.29) is 0 Å². The molecule has 0 atom stereocenters. The summed E-state index contributed by atoms with van der Waals surface area (Å²) in [6.07, 6.45) is 10.7. The Balaban J connectivity index is 1.47. The van der Waals surface area contributed by atoms with Crippen molar-refractivity contribution in [1.82, 2.24) is 24.5 Å². The van der Waals surface area contributed by atoms with Crippen molar-refractivity contribution in [3.05, 3.63) is 55.5 Å². The molecule has 0 bridgehead atoms. The van der Waals surface area contributed by atoms with Gasteiger partial charge in [-0.2, -0.15) is 0 Å². The van der Waals surface area contributed by atoms with E-state index in [1.165, 1.54) is 0 Å². The molecular weight excluding hydrogens is 290 g/mol. The fraction of sp³-hybridized carbons (Fsp3) is 0.250. The minimum absolute atomic E-state index is 0.886. The maximum atomic E-state index is 4.74. The van der Waals surface area contributed by atoms with Gasteiger partial charge in [-0.3, -0.25) is 9.55 Å². The van der Waals surface area contributed by atoms with Crippen molar-refractivity contribution in [1.29, 1.82) is 0 Å². The number of anilines is 2. The number of aromatic nitrogens is 5. The number of pyridine rings is 1. The predicted octanol–water partition coefficient (Wildman–Crippen LogP) is 1.38. The van der Waals surface area contributed by atoms with Gasteiger partial charge < -0.3 is 9.80 Å². The van der Waals surface area contributed by atoms with Crippen LogP contribution in [0.3, 0.4) is 0 Å². The smallest absolute Gasteiger partial charge is 0.147 e. The molecule has 0 aliphatic carbocycles. The van der Waals surface area contributed by atoms with Gasteiger partial charge in [0.15, 0.2) is 0 Å². The molecule has 0 saturated carbocycles. The molecule has 7 nitrogen and oxygen atoms in total. The van der Waals surface area contributed by atoms with Gasteiger partial charge in [0.05, 0.1) is 6.20 Å². The summed E-state index contributed by atoms with van der Waals surface area (Å²) in [5.74, 6) is 2.82. The zero-order valence-corrected chi connectivity index (χ0v) is 12.7. The molecule has 116 valence electrons. The molecule has 0 N–H and O–H groups in total. The number of hydrogen-bond donors (Lipinski definition) is 0. The average molecular weight is 307 g/mol. The van der Waals surface area contributed by atoms with E-state index < -0.39 is 0 Å². The zero-order valence-electron chi connectivity index (χ0n) is 12.7. The van der Waals surface area contributed by atoms with Gasteiger partial charge in [-0.05, 0) is 12.1 Å². The van der Waals surface area contributed by atoms with Crippen molar-refractivity contribution in [2.45, 2.75) is 0 Å². The minimum atomic E-state index is 0.886. The Morgan fingerprint density at radius 1 is 0.783 bits per heavy atom. The van der Waals surface area contributed by atoms with Crippen LogP contribution in [0.1, 0.15) is 0 Å². The van der Waals surface area contributed by atoms with E-state index in [1.807, 2.05) is 29.1 Å². The van der Waals surface area contributed by atoms with Gasteiger partial charge in [0.25, 0.3) is 0 Å². The maximum absolute atomic E-state index is 4.74. The van der Waals surface area contributed by atoms with Crippen LogP contribution in [-0.4, -0.2) is 50.7 Å². The summed E-state index contributed by atoms with van der Waals surface area (Å²) in [4.78, 5) is 21.9. The first-order chi connectivity index (χ1) is 11.4. The topological polar surface area (TPSA) is 63.0 Å². The molecule has 1 fully saturated rings. The van der Waals surface area contributed by atoms with Crippen LogP contribution in [0.5, 0.6) is 0 Å². The highest BCUT2D eigenvalue weighted by Crippen LogP contribution is 2.18. The lowest BCUT2D eigenvalue weighted by atomic mass is 10.3. The SMILES string of the molecule is c1cc(N2CCN(c3cnccn3)CC2)nc(-n2ccnc2)c1. The standard InChI is InChI=1S/C16H17N7/c1-2-14(20-15(3-1)23-7-6-18-13-23)21-8-10-22(11-9-21)16-12-17-4-5-19-16/h1-7,12-13H,8-11H2. The first-order valence-electron chi connectivity index (χ1n) is 7.61. The molecule has 23 heavy (non-hydrogen) atoms. The largest absolute Gasteiger partial charge is 0.353 e. The molecule has 1 aliphatic rings. The maximum Gasteiger partial charge on any atom is 0.147 e. The molecule has 7 heteroatoms. The molecule has 0 spiro atoms. The van der Waals surface area contributed by atoms with Crippen LogP contribution < -0.4 is 9.80 Å². The van der Waals surface area contributed by atoms with Crippen LogP contribution in [0.25, 0.3) is 5.82 Å². The van der Waals surface area contributed by atoms with Crippen molar-refractivity contribution in [2.75, 3.05) is 36.0 Å². The molecule has 1 saturated heterocycles. The van der Waals surface area contributed by atoms with E-state index in [2.05, 4.69) is 30.8 Å². The van der Waals surface area contributed by atoms with Crippen LogP contribution in [0.15, 0.2) is 55.5 Å². The summed E-state index contributed by atoms with van der Waals surface area (Å²) in [5.41, 5.74) is 0. The first-order valence-corrected chi connectivity index (χ1v) is 7.61. The van der Waals surface area contributed by atoms with Gasteiger partial charge in [0.1, 0.15) is 23.8 Å². The molecule has 0 unspecified atom stereocenters. The lowest BCUT2D eigenvalue weighted by Crippen LogP contribution is -2.47. The van der Waals surface area contributed by atoms with Gasteiger partial charge in [-0.25, -0.2) is 15.0 Å². The van der Waals surface area contributed by atoms with Crippen molar-refractivity contribution in [2.24, 2.45) is 0 Å². The molecule has 0 radical (unpaired) electrons. The van der Waals surface area contributed by atoms with E-state index in [1.54, 1.807) is 24.9 Å². The van der Waals surface area contributed by atoms with Crippen molar-refractivity contribution >= 4 is 11.6 Å². The van der Waals surface area contributed by atoms with Crippen LogP contribution in [0.4, 0.5) is 11.6 Å². The number of nitrogens with zero attached hydrogens (tertiary/aromatic N) is 7. The molecule has 4 heterocycles. The van der Waals surface area contributed by atoms with Gasteiger partial charge in [0.2, 0.25) is 0 Å². The fourth-order valence-electron chi connectivity index (χ4n) is 2.75. The second-order valence-corrected chi connectivity index (χ2v) is 5.36. The van der Waals surface area contributed by atoms with Crippen LogP contribution >= 0.6 is 0 Å². The second kappa shape index (κ2) is 6.04. The Morgan fingerprint density at radius 2 is 1.57 bits per heavy atom. The molecule has 3 aromatic rings. The van der Waals surface area contributed by atoms with Crippen molar-refractivity contribution < 1.29 is 0 Å².